The number of esters is 1. The molecule has 7 nitrogen and oxygen atoms in total. The van der Waals surface area contributed by atoms with Crippen molar-refractivity contribution in [3.05, 3.63) is 27.9 Å². The Kier molecular flexibility index (Phi) is 4.06. The van der Waals surface area contributed by atoms with Crippen LogP contribution < -0.4 is 5.56 Å². The second-order valence-electron chi connectivity index (χ2n) is 3.67. The first-order valence-electron chi connectivity index (χ1n) is 5.68. The third-order valence-corrected chi connectivity index (χ3v) is 2.44. The minimum atomic E-state index is -0.682. The summed E-state index contributed by atoms with van der Waals surface area (Å²) in [5.74, 6) is -0.327. The molecular formula is C11H14N2O5. The van der Waals surface area contributed by atoms with Gasteiger partial charge in [-0.3, -0.25) is 4.79 Å². The topological polar surface area (TPSA) is 90.5 Å². The molecule has 2 heterocycles. The summed E-state index contributed by atoms with van der Waals surface area (Å²) in [4.78, 5) is 29.6. The maximum absolute atomic E-state index is 11.7. The minimum absolute atomic E-state index is 0.114. The number of ether oxygens (including phenoxy) is 3. The Bertz CT molecular complexity index is 479. The summed E-state index contributed by atoms with van der Waals surface area (Å²) in [5.41, 5.74) is -0.648. The fourth-order valence-electron chi connectivity index (χ4n) is 1.57. The zero-order valence-electron chi connectivity index (χ0n) is 9.97. The number of H-pyrrole nitrogens is 1. The van der Waals surface area contributed by atoms with Crippen molar-refractivity contribution in [2.24, 2.45) is 0 Å². The van der Waals surface area contributed by atoms with E-state index >= 15 is 0 Å². The quantitative estimate of drug-likeness (QED) is 0.765. The lowest BCUT2D eigenvalue weighted by Gasteiger charge is -2.21. The lowest BCUT2D eigenvalue weighted by Crippen LogP contribution is -2.28. The Hall–Kier alpha value is -1.73. The summed E-state index contributed by atoms with van der Waals surface area (Å²) in [5, 5.41) is 0. The summed E-state index contributed by atoms with van der Waals surface area (Å²) < 4.78 is 15.3. The average molecular weight is 254 g/mol. The Morgan fingerprint density at radius 3 is 3.06 bits per heavy atom. The van der Waals surface area contributed by atoms with Crippen molar-refractivity contribution in [2.75, 3.05) is 26.4 Å². The number of carbonyl (C=O) groups excluding carboxylic acids is 1. The van der Waals surface area contributed by atoms with Crippen LogP contribution in [0.5, 0.6) is 0 Å². The van der Waals surface area contributed by atoms with Gasteiger partial charge < -0.3 is 19.2 Å². The number of aromatic nitrogens is 2. The highest BCUT2D eigenvalue weighted by Crippen LogP contribution is 2.15. The van der Waals surface area contributed by atoms with Crippen LogP contribution in [0.2, 0.25) is 0 Å². The molecule has 0 radical (unpaired) electrons. The van der Waals surface area contributed by atoms with Crippen molar-refractivity contribution < 1.29 is 19.0 Å². The molecule has 0 aromatic carbocycles. The largest absolute Gasteiger partial charge is 0.462 e. The Labute approximate surface area is 103 Å². The normalized spacial score (nSPS) is 19.5. The summed E-state index contributed by atoms with van der Waals surface area (Å²) in [6, 6.07) is 0. The van der Waals surface area contributed by atoms with E-state index in [0.717, 1.165) is 0 Å². The molecular weight excluding hydrogens is 240 g/mol. The molecule has 1 aromatic rings. The van der Waals surface area contributed by atoms with E-state index in [1.54, 1.807) is 6.92 Å². The Morgan fingerprint density at radius 1 is 1.61 bits per heavy atom. The molecule has 2 rings (SSSR count). The van der Waals surface area contributed by atoms with Crippen LogP contribution in [0.4, 0.5) is 0 Å². The van der Waals surface area contributed by atoms with Crippen LogP contribution in [-0.4, -0.2) is 42.4 Å². The van der Waals surface area contributed by atoms with Crippen molar-refractivity contribution in [2.45, 2.75) is 13.0 Å². The van der Waals surface area contributed by atoms with Crippen LogP contribution in [0.1, 0.15) is 29.2 Å². The highest BCUT2D eigenvalue weighted by Gasteiger charge is 2.21. The number of hydrogen-bond donors (Lipinski definition) is 1. The highest BCUT2D eigenvalue weighted by atomic mass is 16.6. The average Bonchev–Trinajstić information content (AvgIpc) is 2.40. The zero-order valence-corrected chi connectivity index (χ0v) is 9.97. The van der Waals surface area contributed by atoms with Crippen LogP contribution in [0.3, 0.4) is 0 Å². The van der Waals surface area contributed by atoms with E-state index < -0.39 is 17.6 Å². The summed E-state index contributed by atoms with van der Waals surface area (Å²) in [6.07, 6.45) is 0.798. The van der Waals surface area contributed by atoms with Crippen LogP contribution in [0.15, 0.2) is 11.0 Å². The fraction of sp³-hybridized carbons (Fsp3) is 0.545. The van der Waals surface area contributed by atoms with Gasteiger partial charge in [0.15, 0.2) is 0 Å². The summed E-state index contributed by atoms with van der Waals surface area (Å²) in [6.45, 7) is 3.19. The summed E-state index contributed by atoms with van der Waals surface area (Å²) >= 11 is 0. The van der Waals surface area contributed by atoms with Crippen molar-refractivity contribution in [1.29, 1.82) is 0 Å². The molecule has 1 fully saturated rings. The first-order chi connectivity index (χ1) is 8.72. The maximum Gasteiger partial charge on any atom is 0.345 e. The number of hydrogen-bond acceptors (Lipinski definition) is 6. The SMILES string of the molecule is CCOC(=O)c1cnc(C2COCCO2)[nH]c1=O. The molecule has 1 saturated heterocycles. The Morgan fingerprint density at radius 2 is 2.44 bits per heavy atom. The van der Waals surface area contributed by atoms with E-state index in [1.807, 2.05) is 0 Å². The van der Waals surface area contributed by atoms with Gasteiger partial charge in [0, 0.05) is 6.20 Å². The van der Waals surface area contributed by atoms with E-state index in [1.165, 1.54) is 6.20 Å². The molecule has 0 amide bonds. The minimum Gasteiger partial charge on any atom is -0.462 e. The van der Waals surface area contributed by atoms with E-state index in [9.17, 15) is 9.59 Å². The van der Waals surface area contributed by atoms with Crippen molar-refractivity contribution in [3.63, 3.8) is 0 Å². The Balaban J connectivity index is 2.19. The molecule has 18 heavy (non-hydrogen) atoms. The second-order valence-corrected chi connectivity index (χ2v) is 3.67. The summed E-state index contributed by atoms with van der Waals surface area (Å²) in [7, 11) is 0. The molecule has 98 valence electrons. The molecule has 0 saturated carbocycles. The van der Waals surface area contributed by atoms with Crippen molar-refractivity contribution >= 4 is 5.97 Å². The smallest absolute Gasteiger partial charge is 0.345 e. The third-order valence-electron chi connectivity index (χ3n) is 2.44. The fourth-order valence-corrected chi connectivity index (χ4v) is 1.57. The zero-order chi connectivity index (χ0) is 13.0. The predicted octanol–water partition coefficient (Wildman–Crippen LogP) is 0.0345. The highest BCUT2D eigenvalue weighted by molar-refractivity contribution is 5.88. The van der Waals surface area contributed by atoms with Crippen LogP contribution in [-0.2, 0) is 14.2 Å². The molecule has 7 heteroatoms. The molecule has 0 aliphatic carbocycles. The van der Waals surface area contributed by atoms with Gasteiger partial charge in [0.05, 0.1) is 26.4 Å². The standard InChI is InChI=1S/C11H14N2O5/c1-2-17-11(15)7-5-12-9(13-10(7)14)8-6-16-3-4-18-8/h5,8H,2-4,6H2,1H3,(H,12,13,14). The van der Waals surface area contributed by atoms with Gasteiger partial charge in [-0.1, -0.05) is 0 Å². The van der Waals surface area contributed by atoms with Gasteiger partial charge in [-0.2, -0.15) is 0 Å². The van der Waals surface area contributed by atoms with Crippen molar-refractivity contribution in [1.82, 2.24) is 9.97 Å². The number of nitrogens with one attached hydrogen (secondary N) is 1. The van der Waals surface area contributed by atoms with E-state index in [2.05, 4.69) is 9.97 Å². The van der Waals surface area contributed by atoms with Gasteiger partial charge in [-0.05, 0) is 6.92 Å². The van der Waals surface area contributed by atoms with Crippen LogP contribution >= 0.6 is 0 Å². The van der Waals surface area contributed by atoms with Crippen molar-refractivity contribution in [3.8, 4) is 0 Å². The molecule has 1 atom stereocenters. The first kappa shape index (κ1) is 12.7. The number of nitrogens with zero attached hydrogens (tertiary/aromatic N) is 1. The van der Waals surface area contributed by atoms with Gasteiger partial charge >= 0.3 is 5.97 Å². The second kappa shape index (κ2) is 5.74. The number of rotatable bonds is 3. The van der Waals surface area contributed by atoms with E-state index in [-0.39, 0.29) is 12.2 Å². The molecule has 1 aliphatic heterocycles. The van der Waals surface area contributed by atoms with Gasteiger partial charge in [-0.25, -0.2) is 9.78 Å². The third kappa shape index (κ3) is 2.74. The predicted molar refractivity (Wildman–Crippen MR) is 60.3 cm³/mol. The number of carbonyl (C=O) groups is 1. The monoisotopic (exact) mass is 254 g/mol. The lowest BCUT2D eigenvalue weighted by molar-refractivity contribution is -0.0936. The van der Waals surface area contributed by atoms with E-state index in [4.69, 9.17) is 14.2 Å². The van der Waals surface area contributed by atoms with Crippen LogP contribution in [0, 0.1) is 0 Å². The molecule has 0 bridgehead atoms. The van der Waals surface area contributed by atoms with Gasteiger partial charge in [0.1, 0.15) is 17.5 Å². The molecule has 0 spiro atoms. The van der Waals surface area contributed by atoms with Gasteiger partial charge in [-0.15, -0.1) is 0 Å². The lowest BCUT2D eigenvalue weighted by atomic mass is 10.3. The molecule has 1 N–H and O–H groups in total. The number of aromatic amines is 1. The van der Waals surface area contributed by atoms with E-state index in [0.29, 0.717) is 25.6 Å². The van der Waals surface area contributed by atoms with Gasteiger partial charge in [0.2, 0.25) is 0 Å². The first-order valence-corrected chi connectivity index (χ1v) is 5.68. The van der Waals surface area contributed by atoms with Gasteiger partial charge in [0.25, 0.3) is 5.56 Å². The maximum atomic E-state index is 11.7. The molecule has 1 aromatic heterocycles. The molecule has 1 aliphatic rings. The van der Waals surface area contributed by atoms with Crippen LogP contribution in [0.25, 0.3) is 0 Å². The molecule has 1 unspecified atom stereocenters.